The van der Waals surface area contributed by atoms with Crippen molar-refractivity contribution in [3.63, 3.8) is 0 Å². The average molecular weight is 297 g/mol. The maximum Gasteiger partial charge on any atom is 0.0219 e. The summed E-state index contributed by atoms with van der Waals surface area (Å²) in [7, 11) is 2.30. The molecule has 0 saturated carbocycles. The molecule has 4 heteroatoms. The molecule has 0 aliphatic carbocycles. The Bertz CT molecular complexity index is 276. The Morgan fingerprint density at radius 2 is 1.86 bits per heavy atom. The number of rotatable bonds is 7. The van der Waals surface area contributed by atoms with Crippen molar-refractivity contribution in [1.29, 1.82) is 0 Å². The van der Waals surface area contributed by atoms with Crippen LogP contribution < -0.4 is 5.73 Å². The summed E-state index contributed by atoms with van der Waals surface area (Å²) in [5, 5.41) is 0. The number of likely N-dealkylation sites (tertiary alicyclic amines) is 1. The second-order valence-corrected chi connectivity index (χ2v) is 6.97. The van der Waals surface area contributed by atoms with Gasteiger partial charge in [0.25, 0.3) is 0 Å². The van der Waals surface area contributed by atoms with Gasteiger partial charge in [-0.05, 0) is 45.8 Å². The van der Waals surface area contributed by atoms with Gasteiger partial charge in [0, 0.05) is 44.8 Å². The van der Waals surface area contributed by atoms with Crippen molar-refractivity contribution in [3.8, 4) is 0 Å². The fourth-order valence-corrected chi connectivity index (χ4v) is 3.98. The minimum atomic E-state index is 0.613. The molecule has 0 amide bonds. The highest BCUT2D eigenvalue weighted by Gasteiger charge is 2.24. The van der Waals surface area contributed by atoms with Crippen molar-refractivity contribution >= 4 is 0 Å². The first-order valence-electron chi connectivity index (χ1n) is 9.11. The third kappa shape index (κ3) is 5.20. The predicted molar refractivity (Wildman–Crippen MR) is 90.6 cm³/mol. The molecule has 4 nitrogen and oxygen atoms in total. The molecule has 2 aliphatic heterocycles. The van der Waals surface area contributed by atoms with E-state index in [9.17, 15) is 0 Å². The van der Waals surface area contributed by atoms with Gasteiger partial charge in [-0.1, -0.05) is 19.8 Å². The van der Waals surface area contributed by atoms with E-state index in [0.717, 1.165) is 12.6 Å². The van der Waals surface area contributed by atoms with Gasteiger partial charge < -0.3 is 15.5 Å². The highest BCUT2D eigenvalue weighted by atomic mass is 15.3. The van der Waals surface area contributed by atoms with Crippen LogP contribution in [0.3, 0.4) is 0 Å². The van der Waals surface area contributed by atoms with Gasteiger partial charge >= 0.3 is 0 Å². The predicted octanol–water partition coefficient (Wildman–Crippen LogP) is 1.61. The fraction of sp³-hybridized carbons (Fsp3) is 1.00. The first-order valence-corrected chi connectivity index (χ1v) is 9.11. The van der Waals surface area contributed by atoms with Gasteiger partial charge in [0.2, 0.25) is 0 Å². The molecule has 2 N–H and O–H groups in total. The number of piperazine rings is 1. The minimum absolute atomic E-state index is 0.613. The highest BCUT2D eigenvalue weighted by molar-refractivity contribution is 4.81. The van der Waals surface area contributed by atoms with E-state index in [0.29, 0.717) is 6.04 Å². The van der Waals surface area contributed by atoms with Crippen molar-refractivity contribution in [3.05, 3.63) is 0 Å². The van der Waals surface area contributed by atoms with Crippen molar-refractivity contribution < 1.29 is 0 Å². The number of piperidine rings is 1. The number of nitrogens with zero attached hydrogens (tertiary/aromatic N) is 3. The maximum absolute atomic E-state index is 5.93. The standard InChI is InChI=1S/C17H36N4/c1-3-6-17(15-18)21-13-11-20(12-14-21)10-8-16-7-4-5-9-19(16)2/h16-17H,3-15,18H2,1-2H3. The Hall–Kier alpha value is -0.160. The van der Waals surface area contributed by atoms with Crippen LogP contribution in [-0.4, -0.2) is 79.6 Å². The SMILES string of the molecule is CCCC(CN)N1CCN(CCC2CCCCN2C)CC1. The van der Waals surface area contributed by atoms with Gasteiger partial charge in [-0.2, -0.15) is 0 Å². The zero-order valence-electron chi connectivity index (χ0n) is 14.3. The summed E-state index contributed by atoms with van der Waals surface area (Å²) in [6.45, 7) is 10.6. The average Bonchev–Trinajstić information content (AvgIpc) is 2.52. The van der Waals surface area contributed by atoms with Crippen LogP contribution in [0, 0.1) is 0 Å². The van der Waals surface area contributed by atoms with Crippen LogP contribution in [0.2, 0.25) is 0 Å². The third-order valence-electron chi connectivity index (χ3n) is 5.52. The lowest BCUT2D eigenvalue weighted by Gasteiger charge is -2.40. The Balaban J connectivity index is 1.66. The molecule has 0 spiro atoms. The fourth-order valence-electron chi connectivity index (χ4n) is 3.98. The Morgan fingerprint density at radius 3 is 2.48 bits per heavy atom. The lowest BCUT2D eigenvalue weighted by Crippen LogP contribution is -2.52. The van der Waals surface area contributed by atoms with Crippen LogP contribution in [0.5, 0.6) is 0 Å². The lowest BCUT2D eigenvalue weighted by atomic mass is 10.00. The molecule has 0 aromatic heterocycles. The molecule has 0 bridgehead atoms. The van der Waals surface area contributed by atoms with E-state index in [1.807, 2.05) is 0 Å². The second-order valence-electron chi connectivity index (χ2n) is 6.97. The van der Waals surface area contributed by atoms with Crippen molar-refractivity contribution in [1.82, 2.24) is 14.7 Å². The highest BCUT2D eigenvalue weighted by Crippen LogP contribution is 2.18. The maximum atomic E-state index is 5.93. The van der Waals surface area contributed by atoms with Gasteiger partial charge in [-0.25, -0.2) is 0 Å². The quantitative estimate of drug-likeness (QED) is 0.774. The van der Waals surface area contributed by atoms with Crippen LogP contribution in [0.1, 0.15) is 45.4 Å². The Labute approximate surface area is 131 Å². The summed E-state index contributed by atoms with van der Waals surface area (Å²) in [6, 6.07) is 1.44. The molecule has 0 radical (unpaired) electrons. The molecule has 2 rings (SSSR count). The first-order chi connectivity index (χ1) is 10.2. The van der Waals surface area contributed by atoms with Crippen LogP contribution in [0.25, 0.3) is 0 Å². The number of hydrogen-bond donors (Lipinski definition) is 1. The molecule has 2 aliphatic rings. The lowest BCUT2D eigenvalue weighted by molar-refractivity contribution is 0.0831. The monoisotopic (exact) mass is 296 g/mol. The van der Waals surface area contributed by atoms with E-state index in [-0.39, 0.29) is 0 Å². The molecule has 2 heterocycles. The molecule has 2 atom stereocenters. The van der Waals surface area contributed by atoms with Crippen molar-refractivity contribution in [2.24, 2.45) is 5.73 Å². The van der Waals surface area contributed by atoms with Crippen molar-refractivity contribution in [2.75, 3.05) is 52.9 Å². The molecular weight excluding hydrogens is 260 g/mol. The summed E-state index contributed by atoms with van der Waals surface area (Å²) in [6.07, 6.45) is 8.08. The van der Waals surface area contributed by atoms with Crippen LogP contribution in [-0.2, 0) is 0 Å². The van der Waals surface area contributed by atoms with Crippen LogP contribution in [0.4, 0.5) is 0 Å². The van der Waals surface area contributed by atoms with Gasteiger partial charge in [0.1, 0.15) is 0 Å². The molecule has 0 aromatic carbocycles. The summed E-state index contributed by atoms with van der Waals surface area (Å²) >= 11 is 0. The van der Waals surface area contributed by atoms with Gasteiger partial charge in [-0.15, -0.1) is 0 Å². The third-order valence-corrected chi connectivity index (χ3v) is 5.52. The Morgan fingerprint density at radius 1 is 1.10 bits per heavy atom. The second kappa shape index (κ2) is 9.09. The first kappa shape index (κ1) is 17.2. The van der Waals surface area contributed by atoms with Gasteiger partial charge in [0.15, 0.2) is 0 Å². The number of hydrogen-bond acceptors (Lipinski definition) is 4. The summed E-state index contributed by atoms with van der Waals surface area (Å²) < 4.78 is 0. The zero-order chi connectivity index (χ0) is 15.1. The van der Waals surface area contributed by atoms with Gasteiger partial charge in [-0.3, -0.25) is 4.90 Å². The molecule has 2 saturated heterocycles. The van der Waals surface area contributed by atoms with E-state index >= 15 is 0 Å². The molecule has 0 aromatic rings. The molecular formula is C17H36N4. The van der Waals surface area contributed by atoms with Crippen molar-refractivity contribution in [2.45, 2.75) is 57.5 Å². The molecule has 2 unspecified atom stereocenters. The molecule has 2 fully saturated rings. The van der Waals surface area contributed by atoms with Crippen LogP contribution >= 0.6 is 0 Å². The van der Waals surface area contributed by atoms with E-state index < -0.39 is 0 Å². The minimum Gasteiger partial charge on any atom is -0.329 e. The Kier molecular flexibility index (Phi) is 7.44. The van der Waals surface area contributed by atoms with E-state index in [1.165, 1.54) is 77.8 Å². The summed E-state index contributed by atoms with van der Waals surface area (Å²) in [5.74, 6) is 0. The van der Waals surface area contributed by atoms with Gasteiger partial charge in [0.05, 0.1) is 0 Å². The van der Waals surface area contributed by atoms with E-state index in [1.54, 1.807) is 0 Å². The molecule has 124 valence electrons. The smallest absolute Gasteiger partial charge is 0.0219 e. The summed E-state index contributed by atoms with van der Waals surface area (Å²) in [4.78, 5) is 7.86. The molecule has 21 heavy (non-hydrogen) atoms. The number of nitrogens with two attached hydrogens (primary N) is 1. The van der Waals surface area contributed by atoms with E-state index in [2.05, 4.69) is 28.7 Å². The topological polar surface area (TPSA) is 35.7 Å². The zero-order valence-corrected chi connectivity index (χ0v) is 14.3. The largest absolute Gasteiger partial charge is 0.329 e. The van der Waals surface area contributed by atoms with Crippen LogP contribution in [0.15, 0.2) is 0 Å². The normalized spacial score (nSPS) is 27.9. The van der Waals surface area contributed by atoms with E-state index in [4.69, 9.17) is 5.73 Å². The summed E-state index contributed by atoms with van der Waals surface area (Å²) in [5.41, 5.74) is 5.93.